The number of hydrogen-bond acceptors (Lipinski definition) is 5. The minimum absolute atomic E-state index is 0.0553. The van der Waals surface area contributed by atoms with Crippen molar-refractivity contribution in [2.45, 2.75) is 30.4 Å². The molecule has 0 amide bonds. The molecule has 2 aromatic rings. The molecule has 1 fully saturated rings. The van der Waals surface area contributed by atoms with E-state index in [-0.39, 0.29) is 11.1 Å². The van der Waals surface area contributed by atoms with Crippen molar-refractivity contribution in [2.75, 3.05) is 26.4 Å². The average molecular weight is 377 g/mol. The standard InChI is InChI=1S/C17H23N5O3S/c1-21(2)12-20-26(23,24)15-7-5-6-14(18)17(15)13-10-19-22(11-13)16-8-3-4-9-25-16/h5-7,10-12,16H,3-4,8-9,18H2,1-2H3. The quantitative estimate of drug-likeness (QED) is 0.486. The van der Waals surface area contributed by atoms with Crippen LogP contribution in [0.3, 0.4) is 0 Å². The van der Waals surface area contributed by atoms with E-state index in [1.54, 1.807) is 48.2 Å². The van der Waals surface area contributed by atoms with Gasteiger partial charge < -0.3 is 15.4 Å². The highest BCUT2D eigenvalue weighted by Gasteiger charge is 2.23. The van der Waals surface area contributed by atoms with E-state index in [1.165, 1.54) is 12.4 Å². The number of anilines is 1. The fourth-order valence-electron chi connectivity index (χ4n) is 2.84. The highest BCUT2D eigenvalue weighted by molar-refractivity contribution is 7.90. The third kappa shape index (κ3) is 3.88. The Bertz CT molecular complexity index is 899. The van der Waals surface area contributed by atoms with Crippen molar-refractivity contribution in [3.8, 4) is 11.1 Å². The molecule has 1 saturated heterocycles. The van der Waals surface area contributed by atoms with E-state index < -0.39 is 10.0 Å². The van der Waals surface area contributed by atoms with E-state index in [0.717, 1.165) is 19.3 Å². The van der Waals surface area contributed by atoms with Crippen LogP contribution in [0.25, 0.3) is 11.1 Å². The minimum atomic E-state index is -3.89. The van der Waals surface area contributed by atoms with Crippen molar-refractivity contribution >= 4 is 22.0 Å². The van der Waals surface area contributed by atoms with Crippen molar-refractivity contribution in [3.05, 3.63) is 30.6 Å². The lowest BCUT2D eigenvalue weighted by Gasteiger charge is -2.22. The maximum atomic E-state index is 12.7. The van der Waals surface area contributed by atoms with Gasteiger partial charge in [-0.2, -0.15) is 13.5 Å². The Balaban J connectivity index is 2.02. The number of nitrogens with two attached hydrogens (primary N) is 1. The second-order valence-corrected chi connectivity index (χ2v) is 8.01. The van der Waals surface area contributed by atoms with Crippen LogP contribution in [0, 0.1) is 0 Å². The molecule has 0 bridgehead atoms. The predicted molar refractivity (Wildman–Crippen MR) is 100 cm³/mol. The lowest BCUT2D eigenvalue weighted by atomic mass is 10.1. The van der Waals surface area contributed by atoms with Gasteiger partial charge >= 0.3 is 0 Å². The monoisotopic (exact) mass is 377 g/mol. The molecule has 0 aliphatic carbocycles. The first-order valence-electron chi connectivity index (χ1n) is 8.40. The molecule has 2 heterocycles. The van der Waals surface area contributed by atoms with Crippen LogP contribution in [0.4, 0.5) is 5.69 Å². The summed E-state index contributed by atoms with van der Waals surface area (Å²) in [5.74, 6) is 0. The van der Waals surface area contributed by atoms with Gasteiger partial charge in [0.15, 0.2) is 0 Å². The minimum Gasteiger partial charge on any atom is -0.398 e. The van der Waals surface area contributed by atoms with E-state index >= 15 is 0 Å². The number of ether oxygens (including phenoxy) is 1. The molecule has 0 spiro atoms. The van der Waals surface area contributed by atoms with Gasteiger partial charge in [-0.05, 0) is 31.4 Å². The highest BCUT2D eigenvalue weighted by atomic mass is 32.2. The lowest BCUT2D eigenvalue weighted by molar-refractivity contribution is -0.0394. The molecular weight excluding hydrogens is 354 g/mol. The zero-order valence-corrected chi connectivity index (χ0v) is 15.7. The summed E-state index contributed by atoms with van der Waals surface area (Å²) in [6.07, 6.45) is 7.50. The molecule has 140 valence electrons. The van der Waals surface area contributed by atoms with Gasteiger partial charge in [-0.15, -0.1) is 4.40 Å². The number of nitrogen functional groups attached to an aromatic ring is 1. The summed E-state index contributed by atoms with van der Waals surface area (Å²) in [5, 5.41) is 4.35. The molecule has 3 rings (SSSR count). The smallest absolute Gasteiger partial charge is 0.284 e. The number of nitrogens with zero attached hydrogens (tertiary/aromatic N) is 4. The molecule has 1 aliphatic rings. The summed E-state index contributed by atoms with van der Waals surface area (Å²) in [7, 11) is -0.489. The summed E-state index contributed by atoms with van der Waals surface area (Å²) in [5.41, 5.74) is 7.48. The van der Waals surface area contributed by atoms with Crippen LogP contribution in [-0.4, -0.2) is 50.1 Å². The maximum Gasteiger partial charge on any atom is 0.284 e. The Morgan fingerprint density at radius 2 is 2.19 bits per heavy atom. The summed E-state index contributed by atoms with van der Waals surface area (Å²) in [4.78, 5) is 1.61. The Morgan fingerprint density at radius 1 is 1.38 bits per heavy atom. The summed E-state index contributed by atoms with van der Waals surface area (Å²) < 4.78 is 36.5. The molecule has 9 heteroatoms. The average Bonchev–Trinajstić information content (AvgIpc) is 3.10. The van der Waals surface area contributed by atoms with Crippen LogP contribution in [-0.2, 0) is 14.8 Å². The molecule has 1 atom stereocenters. The second kappa shape index (κ2) is 7.46. The number of benzene rings is 1. The molecule has 26 heavy (non-hydrogen) atoms. The number of aromatic nitrogens is 2. The highest BCUT2D eigenvalue weighted by Crippen LogP contribution is 2.34. The number of sulfonamides is 1. The van der Waals surface area contributed by atoms with E-state index in [2.05, 4.69) is 9.50 Å². The van der Waals surface area contributed by atoms with Crippen LogP contribution in [0.1, 0.15) is 25.5 Å². The Morgan fingerprint density at radius 3 is 2.88 bits per heavy atom. The summed E-state index contributed by atoms with van der Waals surface area (Å²) in [6.45, 7) is 0.701. The summed E-state index contributed by atoms with van der Waals surface area (Å²) >= 11 is 0. The van der Waals surface area contributed by atoms with Gasteiger partial charge in [0.2, 0.25) is 0 Å². The second-order valence-electron chi connectivity index (χ2n) is 6.41. The van der Waals surface area contributed by atoms with E-state index in [4.69, 9.17) is 10.5 Å². The summed E-state index contributed by atoms with van der Waals surface area (Å²) in [6, 6.07) is 4.77. The third-order valence-electron chi connectivity index (χ3n) is 4.09. The molecule has 1 unspecified atom stereocenters. The van der Waals surface area contributed by atoms with Gasteiger partial charge in [-0.1, -0.05) is 6.07 Å². The maximum absolute atomic E-state index is 12.7. The number of rotatable bonds is 5. The molecule has 8 nitrogen and oxygen atoms in total. The van der Waals surface area contributed by atoms with E-state index in [0.29, 0.717) is 23.4 Å². The van der Waals surface area contributed by atoms with Crippen LogP contribution >= 0.6 is 0 Å². The fourth-order valence-corrected chi connectivity index (χ4v) is 4.01. The van der Waals surface area contributed by atoms with Gasteiger partial charge in [0, 0.05) is 43.7 Å². The predicted octanol–water partition coefficient (Wildman–Crippen LogP) is 2.11. The van der Waals surface area contributed by atoms with Crippen LogP contribution in [0.5, 0.6) is 0 Å². The first-order valence-corrected chi connectivity index (χ1v) is 9.84. The van der Waals surface area contributed by atoms with E-state index in [9.17, 15) is 8.42 Å². The van der Waals surface area contributed by atoms with E-state index in [1.807, 2.05) is 0 Å². The van der Waals surface area contributed by atoms with Crippen LogP contribution in [0.2, 0.25) is 0 Å². The molecule has 1 aliphatic heterocycles. The molecule has 0 radical (unpaired) electrons. The zero-order chi connectivity index (χ0) is 18.7. The van der Waals surface area contributed by atoms with Crippen molar-refractivity contribution in [3.63, 3.8) is 0 Å². The fraction of sp³-hybridized carbons (Fsp3) is 0.412. The first-order chi connectivity index (χ1) is 12.4. The normalized spacial score (nSPS) is 18.3. The van der Waals surface area contributed by atoms with Crippen molar-refractivity contribution < 1.29 is 13.2 Å². The topological polar surface area (TPSA) is 103 Å². The lowest BCUT2D eigenvalue weighted by Crippen LogP contribution is -2.18. The molecule has 1 aromatic carbocycles. The van der Waals surface area contributed by atoms with Crippen LogP contribution in [0.15, 0.2) is 39.9 Å². The van der Waals surface area contributed by atoms with Crippen molar-refractivity contribution in [1.29, 1.82) is 0 Å². The molecule has 2 N–H and O–H groups in total. The van der Waals surface area contributed by atoms with Gasteiger partial charge in [-0.25, -0.2) is 4.68 Å². The largest absolute Gasteiger partial charge is 0.398 e. The van der Waals surface area contributed by atoms with Gasteiger partial charge in [0.05, 0.1) is 11.1 Å². The third-order valence-corrected chi connectivity index (χ3v) is 5.36. The van der Waals surface area contributed by atoms with Gasteiger partial charge in [0.25, 0.3) is 10.0 Å². The molecular formula is C17H23N5O3S. The van der Waals surface area contributed by atoms with Crippen molar-refractivity contribution in [2.24, 2.45) is 4.40 Å². The Kier molecular flexibility index (Phi) is 5.28. The SMILES string of the molecule is CN(C)C=NS(=O)(=O)c1cccc(N)c1-c1cnn(C2CCCCO2)c1. The molecule has 1 aromatic heterocycles. The van der Waals surface area contributed by atoms with Crippen molar-refractivity contribution in [1.82, 2.24) is 14.7 Å². The van der Waals surface area contributed by atoms with Gasteiger partial charge in [-0.3, -0.25) is 0 Å². The Hall–Kier alpha value is -2.39. The number of hydrogen-bond donors (Lipinski definition) is 1. The van der Waals surface area contributed by atoms with Gasteiger partial charge in [0.1, 0.15) is 12.6 Å². The van der Waals surface area contributed by atoms with Crippen LogP contribution < -0.4 is 5.73 Å². The zero-order valence-electron chi connectivity index (χ0n) is 14.9. The Labute approximate surface area is 153 Å². The molecule has 0 saturated carbocycles. The first kappa shape index (κ1) is 18.4.